The van der Waals surface area contributed by atoms with Gasteiger partial charge in [-0.15, -0.1) is 0 Å². The van der Waals surface area contributed by atoms with Crippen molar-refractivity contribution < 1.29 is 5.11 Å². The van der Waals surface area contributed by atoms with E-state index in [1.54, 1.807) is 6.92 Å². The first kappa shape index (κ1) is 11.9. The molecule has 0 fully saturated rings. The molecule has 0 aromatic heterocycles. The van der Waals surface area contributed by atoms with Crippen molar-refractivity contribution in [1.82, 2.24) is 4.90 Å². The van der Waals surface area contributed by atoms with E-state index in [0.29, 0.717) is 6.54 Å². The van der Waals surface area contributed by atoms with Gasteiger partial charge < -0.3 is 10.8 Å². The molecule has 0 heterocycles. The maximum atomic E-state index is 9.85. The number of aliphatic hydroxyl groups is 1. The van der Waals surface area contributed by atoms with Crippen molar-refractivity contribution >= 4 is 0 Å². The van der Waals surface area contributed by atoms with E-state index in [2.05, 4.69) is 13.8 Å². The van der Waals surface area contributed by atoms with Crippen LogP contribution in [0.25, 0.3) is 0 Å². The molecule has 0 aromatic carbocycles. The second kappa shape index (κ2) is 5.51. The van der Waals surface area contributed by atoms with Crippen molar-refractivity contribution in [2.24, 2.45) is 5.73 Å². The number of rotatable bonds is 6. The fraction of sp³-hybridized carbons (Fsp3) is 1.00. The zero-order chi connectivity index (χ0) is 9.61. The highest BCUT2D eigenvalue weighted by Crippen LogP contribution is 2.10. The summed E-state index contributed by atoms with van der Waals surface area (Å²) in [6.07, 6.45) is 2.10. The predicted molar refractivity (Wildman–Crippen MR) is 51.8 cm³/mol. The summed E-state index contributed by atoms with van der Waals surface area (Å²) < 4.78 is 0. The van der Waals surface area contributed by atoms with E-state index in [0.717, 1.165) is 25.9 Å². The van der Waals surface area contributed by atoms with Gasteiger partial charge in [0.2, 0.25) is 0 Å². The standard InChI is InChI=1S/C9H22N2O/c1-4-6-11(7-5-2)9(3,12)8-10/h12H,4-8,10H2,1-3H3. The summed E-state index contributed by atoms with van der Waals surface area (Å²) in [6, 6.07) is 0. The number of nitrogens with zero attached hydrogens (tertiary/aromatic N) is 1. The third-order valence-electron chi connectivity index (χ3n) is 2.06. The molecule has 0 spiro atoms. The van der Waals surface area contributed by atoms with Gasteiger partial charge in [0.25, 0.3) is 0 Å². The molecule has 0 saturated carbocycles. The fourth-order valence-electron chi connectivity index (χ4n) is 1.26. The molecule has 0 bridgehead atoms. The molecule has 12 heavy (non-hydrogen) atoms. The highest BCUT2D eigenvalue weighted by atomic mass is 16.3. The van der Waals surface area contributed by atoms with Crippen molar-refractivity contribution in [2.75, 3.05) is 19.6 Å². The second-order valence-electron chi connectivity index (χ2n) is 3.41. The van der Waals surface area contributed by atoms with Crippen LogP contribution in [0.3, 0.4) is 0 Å². The maximum absolute atomic E-state index is 9.85. The second-order valence-corrected chi connectivity index (χ2v) is 3.41. The van der Waals surface area contributed by atoms with E-state index in [1.807, 2.05) is 4.90 Å². The van der Waals surface area contributed by atoms with Crippen molar-refractivity contribution in [3.63, 3.8) is 0 Å². The molecule has 0 aliphatic heterocycles. The summed E-state index contributed by atoms with van der Waals surface area (Å²) in [5, 5.41) is 9.85. The van der Waals surface area contributed by atoms with Crippen LogP contribution < -0.4 is 5.73 Å². The van der Waals surface area contributed by atoms with Crippen molar-refractivity contribution in [1.29, 1.82) is 0 Å². The molecule has 0 aromatic rings. The van der Waals surface area contributed by atoms with Crippen molar-refractivity contribution in [2.45, 2.75) is 39.3 Å². The van der Waals surface area contributed by atoms with E-state index in [-0.39, 0.29) is 0 Å². The summed E-state index contributed by atoms with van der Waals surface area (Å²) in [6.45, 7) is 8.12. The van der Waals surface area contributed by atoms with Gasteiger partial charge in [0.15, 0.2) is 0 Å². The molecule has 1 unspecified atom stereocenters. The van der Waals surface area contributed by atoms with Crippen molar-refractivity contribution in [3.8, 4) is 0 Å². The third-order valence-corrected chi connectivity index (χ3v) is 2.06. The Labute approximate surface area is 75.6 Å². The summed E-state index contributed by atoms with van der Waals surface area (Å²) in [4.78, 5) is 2.03. The van der Waals surface area contributed by atoms with Crippen molar-refractivity contribution in [3.05, 3.63) is 0 Å². The van der Waals surface area contributed by atoms with Crippen LogP contribution in [0.4, 0.5) is 0 Å². The fourth-order valence-corrected chi connectivity index (χ4v) is 1.26. The largest absolute Gasteiger partial charge is 0.375 e. The predicted octanol–water partition coefficient (Wildman–Crippen LogP) is 0.776. The van der Waals surface area contributed by atoms with Crippen LogP contribution in [-0.4, -0.2) is 35.4 Å². The van der Waals surface area contributed by atoms with Crippen LogP contribution >= 0.6 is 0 Å². The Hall–Kier alpha value is -0.120. The summed E-state index contributed by atoms with van der Waals surface area (Å²) in [7, 11) is 0. The quantitative estimate of drug-likeness (QED) is 0.585. The average Bonchev–Trinajstić information content (AvgIpc) is 2.04. The first-order chi connectivity index (χ1) is 5.58. The Balaban J connectivity index is 4.07. The monoisotopic (exact) mass is 174 g/mol. The van der Waals surface area contributed by atoms with Gasteiger partial charge in [0.05, 0.1) is 0 Å². The van der Waals surface area contributed by atoms with Gasteiger partial charge in [-0.05, 0) is 19.8 Å². The summed E-state index contributed by atoms with van der Waals surface area (Å²) in [5.74, 6) is 0. The molecule has 0 rings (SSSR count). The minimum absolute atomic E-state index is 0.299. The Kier molecular flexibility index (Phi) is 5.46. The summed E-state index contributed by atoms with van der Waals surface area (Å²) >= 11 is 0. The van der Waals surface area contributed by atoms with Gasteiger partial charge in [-0.1, -0.05) is 13.8 Å². The average molecular weight is 174 g/mol. The first-order valence-electron chi connectivity index (χ1n) is 4.76. The maximum Gasteiger partial charge on any atom is 0.127 e. The van der Waals surface area contributed by atoms with E-state index in [1.165, 1.54) is 0 Å². The van der Waals surface area contributed by atoms with Crippen LogP contribution in [0.1, 0.15) is 33.6 Å². The zero-order valence-electron chi connectivity index (χ0n) is 8.51. The summed E-state index contributed by atoms with van der Waals surface area (Å²) in [5.41, 5.74) is 4.65. The minimum Gasteiger partial charge on any atom is -0.375 e. The normalized spacial score (nSPS) is 16.5. The number of hydrogen-bond donors (Lipinski definition) is 2. The lowest BCUT2D eigenvalue weighted by atomic mass is 10.2. The van der Waals surface area contributed by atoms with Crippen LogP contribution in [0.5, 0.6) is 0 Å². The number of hydrogen-bond acceptors (Lipinski definition) is 3. The number of nitrogens with two attached hydrogens (primary N) is 1. The topological polar surface area (TPSA) is 49.5 Å². The van der Waals surface area contributed by atoms with Gasteiger partial charge >= 0.3 is 0 Å². The highest BCUT2D eigenvalue weighted by Gasteiger charge is 2.25. The highest BCUT2D eigenvalue weighted by molar-refractivity contribution is 4.74. The lowest BCUT2D eigenvalue weighted by Gasteiger charge is -2.35. The lowest BCUT2D eigenvalue weighted by Crippen LogP contribution is -2.52. The zero-order valence-corrected chi connectivity index (χ0v) is 8.51. The Morgan fingerprint density at radius 2 is 1.67 bits per heavy atom. The smallest absolute Gasteiger partial charge is 0.127 e. The van der Waals surface area contributed by atoms with E-state index < -0.39 is 5.72 Å². The molecule has 1 atom stereocenters. The van der Waals surface area contributed by atoms with Crippen LogP contribution in [-0.2, 0) is 0 Å². The molecule has 74 valence electrons. The molecule has 3 nitrogen and oxygen atoms in total. The van der Waals surface area contributed by atoms with E-state index in [4.69, 9.17) is 5.73 Å². The van der Waals surface area contributed by atoms with Crippen LogP contribution in [0.2, 0.25) is 0 Å². The van der Waals surface area contributed by atoms with Gasteiger partial charge in [-0.2, -0.15) is 0 Å². The van der Waals surface area contributed by atoms with Gasteiger partial charge in [-0.3, -0.25) is 4.90 Å². The molecular formula is C9H22N2O. The lowest BCUT2D eigenvalue weighted by molar-refractivity contribution is -0.0856. The molecule has 0 aliphatic rings. The molecule has 0 aliphatic carbocycles. The Morgan fingerprint density at radius 3 is 1.92 bits per heavy atom. The molecule has 0 amide bonds. The minimum atomic E-state index is -0.827. The molecule has 3 heteroatoms. The van der Waals surface area contributed by atoms with Crippen LogP contribution in [0.15, 0.2) is 0 Å². The van der Waals surface area contributed by atoms with Gasteiger partial charge in [0.1, 0.15) is 5.72 Å². The van der Waals surface area contributed by atoms with E-state index in [9.17, 15) is 5.11 Å². The van der Waals surface area contributed by atoms with Gasteiger partial charge in [-0.25, -0.2) is 0 Å². The molecule has 0 saturated heterocycles. The molecule has 0 radical (unpaired) electrons. The Bertz CT molecular complexity index is 109. The third kappa shape index (κ3) is 3.52. The first-order valence-corrected chi connectivity index (χ1v) is 4.76. The Morgan fingerprint density at radius 1 is 1.25 bits per heavy atom. The molecular weight excluding hydrogens is 152 g/mol. The van der Waals surface area contributed by atoms with Gasteiger partial charge in [0, 0.05) is 19.6 Å². The molecule has 3 N–H and O–H groups in total. The SMILES string of the molecule is CCCN(CCC)C(C)(O)CN. The van der Waals surface area contributed by atoms with Crippen LogP contribution in [0, 0.1) is 0 Å². The van der Waals surface area contributed by atoms with E-state index >= 15 is 0 Å².